The van der Waals surface area contributed by atoms with Crippen molar-refractivity contribution < 1.29 is 0 Å². The van der Waals surface area contributed by atoms with Crippen molar-refractivity contribution >= 4 is 16.5 Å². The van der Waals surface area contributed by atoms with Gasteiger partial charge in [-0.1, -0.05) is 17.4 Å². The van der Waals surface area contributed by atoms with Crippen LogP contribution in [0.15, 0.2) is 24.5 Å². The Balaban J connectivity index is 2.25. The van der Waals surface area contributed by atoms with E-state index in [-0.39, 0.29) is 0 Å². The average Bonchev–Trinajstić information content (AvgIpc) is 2.68. The van der Waals surface area contributed by atoms with Crippen molar-refractivity contribution in [3.63, 3.8) is 0 Å². The Kier molecular flexibility index (Phi) is 2.97. The second-order valence-corrected chi connectivity index (χ2v) is 4.31. The fraction of sp³-hybridized carbons (Fsp3) is 0.273. The lowest BCUT2D eigenvalue weighted by Crippen LogP contribution is -1.94. The molecular formula is C11H13N3S. The summed E-state index contributed by atoms with van der Waals surface area (Å²) in [5, 5.41) is 4.14. The number of pyridine rings is 1. The standard InChI is InChI=1S/C11H13N3S/c1-3-12-11-14-7-10(15-11)9-5-4-8(2)6-13-9/h4-7H,3H2,1-2H3,(H,12,14). The Bertz CT molecular complexity index is 433. The predicted molar refractivity (Wildman–Crippen MR) is 64.2 cm³/mol. The quantitative estimate of drug-likeness (QED) is 0.862. The van der Waals surface area contributed by atoms with E-state index >= 15 is 0 Å². The summed E-state index contributed by atoms with van der Waals surface area (Å²) < 4.78 is 0. The van der Waals surface area contributed by atoms with Crippen molar-refractivity contribution in [2.45, 2.75) is 13.8 Å². The number of thiazole rings is 1. The van der Waals surface area contributed by atoms with Gasteiger partial charge in [0.15, 0.2) is 5.13 Å². The first kappa shape index (κ1) is 10.1. The van der Waals surface area contributed by atoms with Gasteiger partial charge in [-0.25, -0.2) is 4.98 Å². The normalized spacial score (nSPS) is 10.3. The van der Waals surface area contributed by atoms with Crippen LogP contribution in [0.5, 0.6) is 0 Å². The monoisotopic (exact) mass is 219 g/mol. The van der Waals surface area contributed by atoms with Gasteiger partial charge < -0.3 is 5.32 Å². The van der Waals surface area contributed by atoms with Crippen LogP contribution < -0.4 is 5.32 Å². The summed E-state index contributed by atoms with van der Waals surface area (Å²) in [6.07, 6.45) is 3.74. The van der Waals surface area contributed by atoms with Gasteiger partial charge in [-0.2, -0.15) is 0 Å². The molecule has 0 aliphatic carbocycles. The molecule has 2 heterocycles. The van der Waals surface area contributed by atoms with Crippen molar-refractivity contribution in [1.29, 1.82) is 0 Å². The Labute approximate surface area is 93.2 Å². The van der Waals surface area contributed by atoms with Crippen LogP contribution in [0.1, 0.15) is 12.5 Å². The summed E-state index contributed by atoms with van der Waals surface area (Å²) >= 11 is 1.63. The molecule has 0 amide bonds. The SMILES string of the molecule is CCNc1ncc(-c2ccc(C)cn2)s1. The minimum Gasteiger partial charge on any atom is -0.362 e. The maximum absolute atomic E-state index is 4.36. The van der Waals surface area contributed by atoms with Gasteiger partial charge in [-0.3, -0.25) is 4.98 Å². The molecule has 0 aliphatic heterocycles. The smallest absolute Gasteiger partial charge is 0.183 e. The molecule has 0 radical (unpaired) electrons. The van der Waals surface area contributed by atoms with Crippen molar-refractivity contribution in [1.82, 2.24) is 9.97 Å². The second kappa shape index (κ2) is 4.40. The Morgan fingerprint density at radius 3 is 2.80 bits per heavy atom. The van der Waals surface area contributed by atoms with Crippen molar-refractivity contribution in [3.05, 3.63) is 30.1 Å². The Morgan fingerprint density at radius 1 is 1.27 bits per heavy atom. The first-order valence-corrected chi connectivity index (χ1v) is 5.74. The van der Waals surface area contributed by atoms with E-state index in [1.54, 1.807) is 11.3 Å². The molecule has 0 spiro atoms. The van der Waals surface area contributed by atoms with Gasteiger partial charge >= 0.3 is 0 Å². The third-order valence-electron chi connectivity index (χ3n) is 2.00. The lowest BCUT2D eigenvalue weighted by Gasteiger charge is -1.96. The molecular weight excluding hydrogens is 206 g/mol. The van der Waals surface area contributed by atoms with Crippen LogP contribution in [0.3, 0.4) is 0 Å². The maximum Gasteiger partial charge on any atom is 0.183 e. The Morgan fingerprint density at radius 2 is 2.13 bits per heavy atom. The number of nitrogens with zero attached hydrogens (tertiary/aromatic N) is 2. The van der Waals surface area contributed by atoms with E-state index < -0.39 is 0 Å². The average molecular weight is 219 g/mol. The highest BCUT2D eigenvalue weighted by Crippen LogP contribution is 2.27. The third-order valence-corrected chi connectivity index (χ3v) is 2.98. The molecule has 78 valence electrons. The van der Waals surface area contributed by atoms with Crippen molar-refractivity contribution in [3.8, 4) is 10.6 Å². The van der Waals surface area contributed by atoms with Gasteiger partial charge in [0, 0.05) is 18.9 Å². The van der Waals surface area contributed by atoms with Gasteiger partial charge in [-0.15, -0.1) is 0 Å². The number of hydrogen-bond acceptors (Lipinski definition) is 4. The van der Waals surface area contributed by atoms with E-state index in [0.29, 0.717) is 0 Å². The molecule has 0 aliphatic rings. The van der Waals surface area contributed by atoms with Crippen LogP contribution in [-0.2, 0) is 0 Å². The molecule has 15 heavy (non-hydrogen) atoms. The minimum absolute atomic E-state index is 0.897. The number of rotatable bonds is 3. The molecule has 0 unspecified atom stereocenters. The fourth-order valence-electron chi connectivity index (χ4n) is 1.24. The van der Waals surface area contributed by atoms with E-state index in [1.165, 1.54) is 5.56 Å². The highest BCUT2D eigenvalue weighted by Gasteiger charge is 2.04. The molecule has 0 bridgehead atoms. The predicted octanol–water partition coefficient (Wildman–Crippen LogP) is 2.95. The number of anilines is 1. The van der Waals surface area contributed by atoms with Crippen molar-refractivity contribution in [2.24, 2.45) is 0 Å². The molecule has 4 heteroatoms. The number of aryl methyl sites for hydroxylation is 1. The Hall–Kier alpha value is -1.42. The molecule has 0 aromatic carbocycles. The maximum atomic E-state index is 4.36. The summed E-state index contributed by atoms with van der Waals surface area (Å²) in [7, 11) is 0. The van der Waals surface area contributed by atoms with Crippen LogP contribution in [0.4, 0.5) is 5.13 Å². The number of hydrogen-bond donors (Lipinski definition) is 1. The third kappa shape index (κ3) is 2.33. The van der Waals surface area contributed by atoms with Gasteiger partial charge in [0.25, 0.3) is 0 Å². The fourth-order valence-corrected chi connectivity index (χ4v) is 2.10. The molecule has 3 nitrogen and oxygen atoms in total. The number of nitrogens with one attached hydrogen (secondary N) is 1. The van der Waals surface area contributed by atoms with E-state index in [0.717, 1.165) is 22.2 Å². The zero-order valence-corrected chi connectivity index (χ0v) is 9.64. The molecule has 0 saturated carbocycles. The first-order chi connectivity index (χ1) is 7.29. The van der Waals surface area contributed by atoms with Crippen LogP contribution in [0.2, 0.25) is 0 Å². The zero-order valence-electron chi connectivity index (χ0n) is 8.82. The summed E-state index contributed by atoms with van der Waals surface area (Å²) in [6, 6.07) is 4.09. The topological polar surface area (TPSA) is 37.8 Å². The van der Waals surface area contributed by atoms with Crippen molar-refractivity contribution in [2.75, 3.05) is 11.9 Å². The van der Waals surface area contributed by atoms with E-state index in [9.17, 15) is 0 Å². The second-order valence-electron chi connectivity index (χ2n) is 3.28. The molecule has 2 aromatic heterocycles. The highest BCUT2D eigenvalue weighted by atomic mass is 32.1. The molecule has 0 atom stereocenters. The van der Waals surface area contributed by atoms with E-state index in [2.05, 4.69) is 28.3 Å². The van der Waals surface area contributed by atoms with E-state index in [4.69, 9.17) is 0 Å². The summed E-state index contributed by atoms with van der Waals surface area (Å²) in [4.78, 5) is 9.74. The van der Waals surface area contributed by atoms with Crippen LogP contribution in [0.25, 0.3) is 10.6 Å². The van der Waals surface area contributed by atoms with Gasteiger partial charge in [0.1, 0.15) is 0 Å². The molecule has 0 saturated heterocycles. The molecule has 1 N–H and O–H groups in total. The molecule has 2 aromatic rings. The van der Waals surface area contributed by atoms with E-state index in [1.807, 2.05) is 25.4 Å². The summed E-state index contributed by atoms with van der Waals surface area (Å²) in [5.41, 5.74) is 2.16. The van der Waals surface area contributed by atoms with Gasteiger partial charge in [0.2, 0.25) is 0 Å². The summed E-state index contributed by atoms with van der Waals surface area (Å²) in [5.74, 6) is 0. The lowest BCUT2D eigenvalue weighted by molar-refractivity contribution is 1.19. The first-order valence-electron chi connectivity index (χ1n) is 4.92. The highest BCUT2D eigenvalue weighted by molar-refractivity contribution is 7.18. The van der Waals surface area contributed by atoms with Crippen LogP contribution in [0, 0.1) is 6.92 Å². The number of aromatic nitrogens is 2. The molecule has 2 rings (SSSR count). The van der Waals surface area contributed by atoms with Crippen LogP contribution >= 0.6 is 11.3 Å². The van der Waals surface area contributed by atoms with Crippen LogP contribution in [-0.4, -0.2) is 16.5 Å². The van der Waals surface area contributed by atoms with Gasteiger partial charge in [0.05, 0.1) is 10.6 Å². The largest absolute Gasteiger partial charge is 0.362 e. The minimum atomic E-state index is 0.897. The van der Waals surface area contributed by atoms with Gasteiger partial charge in [-0.05, 0) is 25.5 Å². The lowest BCUT2D eigenvalue weighted by atomic mass is 10.2. The summed E-state index contributed by atoms with van der Waals surface area (Å²) in [6.45, 7) is 4.99. The zero-order chi connectivity index (χ0) is 10.7. The molecule has 0 fully saturated rings.